The van der Waals surface area contributed by atoms with Gasteiger partial charge in [0, 0.05) is 12.0 Å². The number of amides is 1. The first-order chi connectivity index (χ1) is 12.4. The van der Waals surface area contributed by atoms with Crippen LogP contribution in [0.3, 0.4) is 0 Å². The fourth-order valence-corrected chi connectivity index (χ4v) is 3.32. The Morgan fingerprint density at radius 2 is 1.88 bits per heavy atom. The van der Waals surface area contributed by atoms with E-state index in [-0.39, 0.29) is 30.0 Å². The molecule has 142 valence electrons. The van der Waals surface area contributed by atoms with Crippen molar-refractivity contribution in [3.8, 4) is 0 Å². The van der Waals surface area contributed by atoms with Gasteiger partial charge < -0.3 is 10.1 Å². The van der Waals surface area contributed by atoms with Crippen molar-refractivity contribution in [2.45, 2.75) is 64.5 Å². The summed E-state index contributed by atoms with van der Waals surface area (Å²) in [4.78, 5) is 35.6. The molecule has 7 nitrogen and oxygen atoms in total. The van der Waals surface area contributed by atoms with E-state index in [1.165, 1.54) is 6.07 Å². The van der Waals surface area contributed by atoms with Crippen molar-refractivity contribution < 1.29 is 19.2 Å². The number of para-hydroxylation sites is 1. The van der Waals surface area contributed by atoms with Crippen LogP contribution in [-0.4, -0.2) is 22.9 Å². The minimum absolute atomic E-state index is 0.102. The topological polar surface area (TPSA) is 98.5 Å². The molecule has 0 aliphatic heterocycles. The molecular formula is C19H26N2O5. The molecule has 2 rings (SSSR count). The van der Waals surface area contributed by atoms with E-state index in [4.69, 9.17) is 4.74 Å². The van der Waals surface area contributed by atoms with Crippen molar-refractivity contribution in [3.05, 3.63) is 39.9 Å². The molecule has 1 fully saturated rings. The lowest BCUT2D eigenvalue weighted by atomic mass is 9.88. The summed E-state index contributed by atoms with van der Waals surface area (Å²) in [5.41, 5.74) is 0.209. The monoisotopic (exact) mass is 362 g/mol. The lowest BCUT2D eigenvalue weighted by Gasteiger charge is -2.25. The van der Waals surface area contributed by atoms with Gasteiger partial charge in [0.2, 0.25) is 5.91 Å². The average molecular weight is 362 g/mol. The van der Waals surface area contributed by atoms with E-state index in [2.05, 4.69) is 5.32 Å². The van der Waals surface area contributed by atoms with E-state index in [0.717, 1.165) is 32.1 Å². The molecule has 1 aromatic rings. The lowest BCUT2D eigenvalue weighted by molar-refractivity contribution is -0.385. The molecule has 0 radical (unpaired) electrons. The molecule has 0 bridgehead atoms. The van der Waals surface area contributed by atoms with E-state index >= 15 is 0 Å². The number of esters is 1. The van der Waals surface area contributed by atoms with Crippen LogP contribution in [0, 0.1) is 16.0 Å². The fraction of sp³-hybridized carbons (Fsp3) is 0.579. The highest BCUT2D eigenvalue weighted by atomic mass is 16.6. The molecule has 1 N–H and O–H groups in total. The van der Waals surface area contributed by atoms with Gasteiger partial charge in [-0.05, 0) is 26.7 Å². The van der Waals surface area contributed by atoms with E-state index in [1.54, 1.807) is 32.0 Å². The van der Waals surface area contributed by atoms with Crippen molar-refractivity contribution in [1.29, 1.82) is 0 Å². The van der Waals surface area contributed by atoms with E-state index in [0.29, 0.717) is 5.56 Å². The number of nitro benzene ring substituents is 1. The minimum Gasteiger partial charge on any atom is -0.463 e. The Morgan fingerprint density at radius 1 is 1.23 bits per heavy atom. The smallest absolute Gasteiger partial charge is 0.308 e. The number of nitrogens with one attached hydrogen (secondary N) is 1. The summed E-state index contributed by atoms with van der Waals surface area (Å²) in [6.45, 7) is 3.47. The largest absolute Gasteiger partial charge is 0.463 e. The van der Waals surface area contributed by atoms with Crippen LogP contribution in [0.1, 0.15) is 64.0 Å². The van der Waals surface area contributed by atoms with Crippen molar-refractivity contribution in [3.63, 3.8) is 0 Å². The molecule has 26 heavy (non-hydrogen) atoms. The molecule has 0 spiro atoms. The maximum absolute atomic E-state index is 12.6. The average Bonchev–Trinajstić information content (AvgIpc) is 2.61. The summed E-state index contributed by atoms with van der Waals surface area (Å²) in [6.07, 6.45) is 4.33. The Bertz CT molecular complexity index is 653. The molecule has 1 amide bonds. The number of hydrogen-bond acceptors (Lipinski definition) is 5. The van der Waals surface area contributed by atoms with Gasteiger partial charge in [0.05, 0.1) is 29.1 Å². The van der Waals surface area contributed by atoms with Crippen LogP contribution in [0.15, 0.2) is 24.3 Å². The number of hydrogen-bond donors (Lipinski definition) is 1. The van der Waals surface area contributed by atoms with Crippen molar-refractivity contribution in [2.75, 3.05) is 0 Å². The van der Waals surface area contributed by atoms with Crippen LogP contribution >= 0.6 is 0 Å². The number of nitrogens with zero attached hydrogens (tertiary/aromatic N) is 1. The third kappa shape index (κ3) is 5.54. The zero-order valence-electron chi connectivity index (χ0n) is 15.3. The number of ether oxygens (including phenoxy) is 1. The van der Waals surface area contributed by atoms with Crippen LogP contribution in [0.25, 0.3) is 0 Å². The third-order valence-corrected chi connectivity index (χ3v) is 4.54. The lowest BCUT2D eigenvalue weighted by Crippen LogP contribution is -2.36. The molecule has 1 aliphatic carbocycles. The molecule has 1 saturated carbocycles. The Kier molecular flexibility index (Phi) is 7.12. The molecular weight excluding hydrogens is 336 g/mol. The standard InChI is InChI=1S/C19H26N2O5/c1-13(2)26-18(22)12-16(15-10-6-7-11-17(15)21(24)25)20-19(23)14-8-4-3-5-9-14/h6-7,10-11,13-14,16H,3-5,8-9,12H2,1-2H3,(H,20,23). The summed E-state index contributed by atoms with van der Waals surface area (Å²) in [5.74, 6) is -0.743. The maximum Gasteiger partial charge on any atom is 0.308 e. The summed E-state index contributed by atoms with van der Waals surface area (Å²) in [7, 11) is 0. The number of carbonyl (C=O) groups is 2. The van der Waals surface area contributed by atoms with Gasteiger partial charge in [-0.15, -0.1) is 0 Å². The fourth-order valence-electron chi connectivity index (χ4n) is 3.32. The van der Waals surface area contributed by atoms with Gasteiger partial charge in [-0.2, -0.15) is 0 Å². The van der Waals surface area contributed by atoms with Crippen LogP contribution < -0.4 is 5.32 Å². The Morgan fingerprint density at radius 3 is 2.50 bits per heavy atom. The number of rotatable bonds is 7. The first kappa shape index (κ1) is 19.9. The molecule has 1 unspecified atom stereocenters. The van der Waals surface area contributed by atoms with Crippen LogP contribution in [0.5, 0.6) is 0 Å². The second-order valence-corrected chi connectivity index (χ2v) is 6.95. The SMILES string of the molecule is CC(C)OC(=O)CC(NC(=O)C1CCCCC1)c1ccccc1[N+](=O)[O-]. The second kappa shape index (κ2) is 9.31. The van der Waals surface area contributed by atoms with Crippen molar-refractivity contribution in [1.82, 2.24) is 5.32 Å². The zero-order valence-corrected chi connectivity index (χ0v) is 15.3. The van der Waals surface area contributed by atoms with E-state index in [9.17, 15) is 19.7 Å². The predicted octanol–water partition coefficient (Wildman–Crippen LogP) is 3.67. The number of nitro groups is 1. The van der Waals surface area contributed by atoms with Gasteiger partial charge >= 0.3 is 5.97 Å². The van der Waals surface area contributed by atoms with Crippen LogP contribution in [-0.2, 0) is 14.3 Å². The summed E-state index contributed by atoms with van der Waals surface area (Å²) in [5, 5.41) is 14.2. The minimum atomic E-state index is -0.780. The Hall–Kier alpha value is -2.44. The van der Waals surface area contributed by atoms with Crippen molar-refractivity contribution >= 4 is 17.6 Å². The molecule has 1 atom stereocenters. The van der Waals surface area contributed by atoms with Gasteiger partial charge in [-0.1, -0.05) is 37.5 Å². The Balaban J connectivity index is 2.22. The molecule has 1 aromatic carbocycles. The molecule has 0 aromatic heterocycles. The molecule has 7 heteroatoms. The first-order valence-corrected chi connectivity index (χ1v) is 9.11. The highest BCUT2D eigenvalue weighted by Gasteiger charge is 2.29. The zero-order chi connectivity index (χ0) is 19.1. The van der Waals surface area contributed by atoms with Gasteiger partial charge in [0.15, 0.2) is 0 Å². The van der Waals surface area contributed by atoms with Gasteiger partial charge in [0.1, 0.15) is 0 Å². The van der Waals surface area contributed by atoms with Crippen molar-refractivity contribution in [2.24, 2.45) is 5.92 Å². The highest BCUT2D eigenvalue weighted by Crippen LogP contribution is 2.29. The number of benzene rings is 1. The molecule has 1 aliphatic rings. The Labute approximate surface area is 153 Å². The van der Waals surface area contributed by atoms with E-state index in [1.807, 2.05) is 0 Å². The summed E-state index contributed by atoms with van der Waals surface area (Å²) < 4.78 is 5.17. The maximum atomic E-state index is 12.6. The first-order valence-electron chi connectivity index (χ1n) is 9.11. The predicted molar refractivity (Wildman–Crippen MR) is 96.4 cm³/mol. The second-order valence-electron chi connectivity index (χ2n) is 6.95. The van der Waals surface area contributed by atoms with Gasteiger partial charge in [0.25, 0.3) is 5.69 Å². The van der Waals surface area contributed by atoms with E-state index < -0.39 is 16.9 Å². The van der Waals surface area contributed by atoms with Gasteiger partial charge in [-0.3, -0.25) is 19.7 Å². The van der Waals surface area contributed by atoms with Crippen LogP contribution in [0.2, 0.25) is 0 Å². The highest BCUT2D eigenvalue weighted by molar-refractivity contribution is 5.80. The summed E-state index contributed by atoms with van der Waals surface area (Å²) in [6, 6.07) is 5.40. The van der Waals surface area contributed by atoms with Gasteiger partial charge in [-0.25, -0.2) is 0 Å². The van der Waals surface area contributed by atoms with Crippen LogP contribution in [0.4, 0.5) is 5.69 Å². The summed E-state index contributed by atoms with van der Waals surface area (Å²) >= 11 is 0. The number of carbonyl (C=O) groups excluding carboxylic acids is 2. The third-order valence-electron chi connectivity index (χ3n) is 4.54. The molecule has 0 saturated heterocycles. The normalized spacial score (nSPS) is 16.1. The quantitative estimate of drug-likeness (QED) is 0.453. The molecule has 0 heterocycles.